The highest BCUT2D eigenvalue weighted by molar-refractivity contribution is 6.42. The van der Waals surface area contributed by atoms with Crippen molar-refractivity contribution in [3.63, 3.8) is 0 Å². The van der Waals surface area contributed by atoms with Gasteiger partial charge in [-0.25, -0.2) is 0 Å². The van der Waals surface area contributed by atoms with Crippen LogP contribution in [0.5, 0.6) is 0 Å². The molecular weight excluding hydrogens is 293 g/mol. The van der Waals surface area contributed by atoms with Crippen LogP contribution in [0.25, 0.3) is 0 Å². The molecular formula is C16H19Cl2NO. The molecule has 108 valence electrons. The summed E-state index contributed by atoms with van der Waals surface area (Å²) in [5.41, 5.74) is 7.22. The summed E-state index contributed by atoms with van der Waals surface area (Å²) in [6.07, 6.45) is 3.84. The Bertz CT molecular complexity index is 569. The molecule has 0 radical (unpaired) electrons. The van der Waals surface area contributed by atoms with Crippen molar-refractivity contribution in [3.05, 3.63) is 33.8 Å². The molecule has 0 saturated heterocycles. The average molecular weight is 312 g/mol. The molecule has 3 saturated carbocycles. The molecule has 1 aromatic rings. The van der Waals surface area contributed by atoms with Gasteiger partial charge in [0.2, 0.25) is 0 Å². The fourth-order valence-corrected chi connectivity index (χ4v) is 4.28. The molecule has 1 aromatic carbocycles. The number of hydrogen-bond acceptors (Lipinski definition) is 2. The van der Waals surface area contributed by atoms with Gasteiger partial charge in [-0.2, -0.15) is 0 Å². The number of halogens is 2. The largest absolute Gasteiger partial charge is 0.325 e. The Balaban J connectivity index is 1.67. The number of nitrogens with two attached hydrogens (primary N) is 1. The Morgan fingerprint density at radius 2 is 1.85 bits per heavy atom. The van der Waals surface area contributed by atoms with Crippen LogP contribution in [-0.4, -0.2) is 11.3 Å². The van der Waals surface area contributed by atoms with Gasteiger partial charge in [0.05, 0.1) is 10.0 Å². The van der Waals surface area contributed by atoms with E-state index in [0.717, 1.165) is 19.3 Å². The summed E-state index contributed by atoms with van der Waals surface area (Å²) in [5, 5.41) is 0.923. The molecule has 2 nitrogen and oxygen atoms in total. The number of carbonyl (C=O) groups excluding carboxylic acids is 1. The first kappa shape index (κ1) is 14.4. The number of benzene rings is 1. The van der Waals surface area contributed by atoms with Crippen molar-refractivity contribution in [3.8, 4) is 0 Å². The van der Waals surface area contributed by atoms with Crippen molar-refractivity contribution in [2.24, 2.45) is 16.6 Å². The maximum atomic E-state index is 12.4. The monoisotopic (exact) mass is 311 g/mol. The van der Waals surface area contributed by atoms with Crippen LogP contribution in [0.3, 0.4) is 0 Å². The van der Waals surface area contributed by atoms with Crippen LogP contribution in [0.15, 0.2) is 18.2 Å². The SMILES string of the molecule is CC(C)(N)C12CC(CC(=O)c3ccc(Cl)c(Cl)c3)(C1)C2. The van der Waals surface area contributed by atoms with Gasteiger partial charge in [0, 0.05) is 17.5 Å². The fourth-order valence-electron chi connectivity index (χ4n) is 3.98. The maximum Gasteiger partial charge on any atom is 0.163 e. The van der Waals surface area contributed by atoms with Crippen LogP contribution in [0.1, 0.15) is 49.9 Å². The van der Waals surface area contributed by atoms with Gasteiger partial charge in [0.15, 0.2) is 5.78 Å². The van der Waals surface area contributed by atoms with Gasteiger partial charge < -0.3 is 5.73 Å². The first-order valence-corrected chi connectivity index (χ1v) is 7.69. The normalized spacial score (nSPS) is 31.4. The molecule has 3 aliphatic rings. The van der Waals surface area contributed by atoms with Crippen LogP contribution in [0, 0.1) is 10.8 Å². The quantitative estimate of drug-likeness (QED) is 0.833. The summed E-state index contributed by atoms with van der Waals surface area (Å²) in [7, 11) is 0. The van der Waals surface area contributed by atoms with E-state index in [2.05, 4.69) is 13.8 Å². The molecule has 2 bridgehead atoms. The summed E-state index contributed by atoms with van der Waals surface area (Å²) in [4.78, 5) is 12.4. The number of hydrogen-bond donors (Lipinski definition) is 1. The van der Waals surface area contributed by atoms with Crippen LogP contribution >= 0.6 is 23.2 Å². The lowest BCUT2D eigenvalue weighted by Gasteiger charge is -2.75. The van der Waals surface area contributed by atoms with Crippen molar-refractivity contribution in [1.29, 1.82) is 0 Å². The Morgan fingerprint density at radius 1 is 1.25 bits per heavy atom. The minimum atomic E-state index is -0.138. The van der Waals surface area contributed by atoms with Gasteiger partial charge in [-0.3, -0.25) is 4.79 Å². The smallest absolute Gasteiger partial charge is 0.163 e. The molecule has 0 spiro atoms. The molecule has 20 heavy (non-hydrogen) atoms. The van der Waals surface area contributed by atoms with Crippen molar-refractivity contribution < 1.29 is 4.79 Å². The van der Waals surface area contributed by atoms with Crippen molar-refractivity contribution in [2.75, 3.05) is 0 Å². The predicted octanol–water partition coefficient (Wildman–Crippen LogP) is 4.47. The van der Waals surface area contributed by atoms with E-state index in [4.69, 9.17) is 28.9 Å². The second-order valence-electron chi connectivity index (χ2n) is 7.26. The highest BCUT2D eigenvalue weighted by Crippen LogP contribution is 2.77. The number of ketones is 1. The van der Waals surface area contributed by atoms with E-state index in [1.165, 1.54) is 0 Å². The highest BCUT2D eigenvalue weighted by Gasteiger charge is 2.71. The van der Waals surface area contributed by atoms with Crippen LogP contribution in [0.2, 0.25) is 10.0 Å². The zero-order valence-corrected chi connectivity index (χ0v) is 13.3. The molecule has 0 atom stereocenters. The molecule has 0 amide bonds. The van der Waals surface area contributed by atoms with E-state index in [0.29, 0.717) is 22.0 Å². The molecule has 3 fully saturated rings. The van der Waals surface area contributed by atoms with Crippen LogP contribution < -0.4 is 5.73 Å². The standard InChI is InChI=1S/C16H19Cl2NO/c1-14(2,19)16-7-15(8-16,9-16)6-13(20)10-3-4-11(17)12(18)5-10/h3-5H,6-9,19H2,1-2H3. The van der Waals surface area contributed by atoms with E-state index >= 15 is 0 Å². The van der Waals surface area contributed by atoms with E-state index in [1.54, 1.807) is 18.2 Å². The number of rotatable bonds is 4. The first-order chi connectivity index (χ1) is 9.16. The highest BCUT2D eigenvalue weighted by atomic mass is 35.5. The third kappa shape index (κ3) is 2.01. The van der Waals surface area contributed by atoms with E-state index in [-0.39, 0.29) is 22.2 Å². The van der Waals surface area contributed by atoms with Gasteiger partial charge in [-0.05, 0) is 62.1 Å². The Labute approximate surface area is 129 Å². The predicted molar refractivity (Wildman–Crippen MR) is 82.4 cm³/mol. The molecule has 4 rings (SSSR count). The van der Waals surface area contributed by atoms with Gasteiger partial charge in [-0.15, -0.1) is 0 Å². The minimum Gasteiger partial charge on any atom is -0.325 e. The zero-order chi connectivity index (χ0) is 14.8. The van der Waals surface area contributed by atoms with Gasteiger partial charge in [-0.1, -0.05) is 23.2 Å². The molecule has 3 aliphatic carbocycles. The second-order valence-corrected chi connectivity index (χ2v) is 8.08. The lowest BCUT2D eigenvalue weighted by Crippen LogP contribution is -2.72. The zero-order valence-electron chi connectivity index (χ0n) is 11.8. The Kier molecular flexibility index (Phi) is 3.03. The lowest BCUT2D eigenvalue weighted by atomic mass is 9.30. The lowest BCUT2D eigenvalue weighted by molar-refractivity contribution is -0.233. The maximum absolute atomic E-state index is 12.4. The third-order valence-corrected chi connectivity index (χ3v) is 6.02. The molecule has 4 heteroatoms. The van der Waals surface area contributed by atoms with E-state index < -0.39 is 0 Å². The minimum absolute atomic E-state index is 0.138. The summed E-state index contributed by atoms with van der Waals surface area (Å²) in [6, 6.07) is 5.11. The molecule has 2 N–H and O–H groups in total. The first-order valence-electron chi connectivity index (χ1n) is 6.94. The molecule has 0 heterocycles. The van der Waals surface area contributed by atoms with Crippen LogP contribution in [0.4, 0.5) is 0 Å². The van der Waals surface area contributed by atoms with Gasteiger partial charge >= 0.3 is 0 Å². The summed E-state index contributed by atoms with van der Waals surface area (Å²) >= 11 is 11.8. The molecule has 0 aromatic heterocycles. The number of carbonyl (C=O) groups is 1. The topological polar surface area (TPSA) is 43.1 Å². The summed E-state index contributed by atoms with van der Waals surface area (Å²) in [6.45, 7) is 4.19. The second kappa shape index (κ2) is 4.22. The summed E-state index contributed by atoms with van der Waals surface area (Å²) < 4.78 is 0. The van der Waals surface area contributed by atoms with E-state index in [1.807, 2.05) is 0 Å². The van der Waals surface area contributed by atoms with E-state index in [9.17, 15) is 4.79 Å². The Morgan fingerprint density at radius 3 is 2.35 bits per heavy atom. The van der Waals surface area contributed by atoms with Crippen molar-refractivity contribution >= 4 is 29.0 Å². The third-order valence-electron chi connectivity index (χ3n) is 5.28. The van der Waals surface area contributed by atoms with Crippen LogP contribution in [-0.2, 0) is 0 Å². The van der Waals surface area contributed by atoms with Gasteiger partial charge in [0.1, 0.15) is 0 Å². The number of Topliss-reactive ketones (excluding diaryl/α,β-unsaturated/α-hetero) is 1. The summed E-state index contributed by atoms with van der Waals surface area (Å²) in [5.74, 6) is 0.159. The Hall–Kier alpha value is -0.570. The van der Waals surface area contributed by atoms with Crippen molar-refractivity contribution in [1.82, 2.24) is 0 Å². The fraction of sp³-hybridized carbons (Fsp3) is 0.562. The molecule has 0 unspecified atom stereocenters. The van der Waals surface area contributed by atoms with Crippen molar-refractivity contribution in [2.45, 2.75) is 45.1 Å². The average Bonchev–Trinajstić information content (AvgIpc) is 2.23. The molecule has 0 aliphatic heterocycles. The van der Waals surface area contributed by atoms with Gasteiger partial charge in [0.25, 0.3) is 0 Å².